The molecule has 0 fully saturated rings. The fourth-order valence-electron chi connectivity index (χ4n) is 1.62. The summed E-state index contributed by atoms with van der Waals surface area (Å²) in [5, 5.41) is 0. The van der Waals surface area contributed by atoms with Crippen molar-refractivity contribution < 1.29 is 0 Å². The topological polar surface area (TPSA) is 69.6 Å². The van der Waals surface area contributed by atoms with Crippen LogP contribution in [0.3, 0.4) is 0 Å². The second-order valence-corrected chi connectivity index (χ2v) is 3.70. The Labute approximate surface area is 94.7 Å². The molecule has 2 rings (SSSR count). The molecule has 0 unspecified atom stereocenters. The molecule has 2 N–H and O–H groups in total. The number of fused-ring (bicyclic) bond motifs is 1. The predicted octanol–water partition coefficient (Wildman–Crippen LogP) is 1.59. The second kappa shape index (κ2) is 4.47. The molecule has 0 aliphatic heterocycles. The van der Waals surface area contributed by atoms with Gasteiger partial charge in [-0.15, -0.1) is 0 Å². The molecule has 16 heavy (non-hydrogen) atoms. The first-order valence-corrected chi connectivity index (χ1v) is 5.52. The average Bonchev–Trinajstić information content (AvgIpc) is 2.70. The minimum Gasteiger partial charge on any atom is -0.382 e. The Hall–Kier alpha value is -1.65. The molecule has 0 atom stereocenters. The van der Waals surface area contributed by atoms with Crippen molar-refractivity contribution in [2.75, 3.05) is 5.73 Å². The summed E-state index contributed by atoms with van der Waals surface area (Å²) >= 11 is 0. The maximum Gasteiger partial charge on any atom is 0.165 e. The fraction of sp³-hybridized carbons (Fsp3) is 0.455. The first-order chi connectivity index (χ1) is 7.76. The number of aryl methyl sites for hydroxylation is 2. The highest BCUT2D eigenvalue weighted by atomic mass is 15.1. The van der Waals surface area contributed by atoms with Gasteiger partial charge in [-0.25, -0.2) is 15.0 Å². The van der Waals surface area contributed by atoms with E-state index in [0.717, 1.165) is 37.3 Å². The molecule has 0 amide bonds. The van der Waals surface area contributed by atoms with Crippen LogP contribution in [0.5, 0.6) is 0 Å². The van der Waals surface area contributed by atoms with Crippen molar-refractivity contribution >= 4 is 17.0 Å². The summed E-state index contributed by atoms with van der Waals surface area (Å²) in [5.74, 6) is 1.23. The Morgan fingerprint density at radius 3 is 2.94 bits per heavy atom. The summed E-state index contributed by atoms with van der Waals surface area (Å²) in [6, 6.07) is 0. The smallest absolute Gasteiger partial charge is 0.165 e. The number of unbranched alkanes of at least 4 members (excludes halogenated alkanes) is 1. The Balaban J connectivity index is 2.47. The lowest BCUT2D eigenvalue weighted by molar-refractivity contribution is 0.658. The number of hydrogen-bond acceptors (Lipinski definition) is 4. The number of imidazole rings is 1. The quantitative estimate of drug-likeness (QED) is 0.846. The van der Waals surface area contributed by atoms with Crippen molar-refractivity contribution in [1.82, 2.24) is 19.5 Å². The van der Waals surface area contributed by atoms with Crippen LogP contribution in [0.1, 0.15) is 25.6 Å². The molecule has 0 saturated heterocycles. The van der Waals surface area contributed by atoms with Gasteiger partial charge in [0.05, 0.1) is 6.33 Å². The lowest BCUT2D eigenvalue weighted by Gasteiger charge is -2.03. The minimum atomic E-state index is 0.468. The maximum atomic E-state index is 5.84. The number of nitrogens with two attached hydrogens (primary N) is 1. The summed E-state index contributed by atoms with van der Waals surface area (Å²) in [6.07, 6.45) is 4.46. The average molecular weight is 218 g/mol. The van der Waals surface area contributed by atoms with Crippen LogP contribution in [0.15, 0.2) is 6.33 Å². The number of anilines is 1. The van der Waals surface area contributed by atoms with E-state index >= 15 is 0 Å². The Morgan fingerprint density at radius 2 is 2.25 bits per heavy atom. The molecule has 85 valence electrons. The third-order valence-electron chi connectivity index (χ3n) is 2.50. The lowest BCUT2D eigenvalue weighted by atomic mass is 10.3. The number of aromatic nitrogens is 4. The van der Waals surface area contributed by atoms with Crippen LogP contribution in [-0.2, 0) is 13.0 Å². The third kappa shape index (κ3) is 1.85. The SMILES string of the molecule is [CH2]CCCn1cnc2c(N)nc(CC)nc21. The van der Waals surface area contributed by atoms with E-state index < -0.39 is 0 Å². The molecule has 0 aliphatic rings. The van der Waals surface area contributed by atoms with Gasteiger partial charge in [-0.1, -0.05) is 20.3 Å². The van der Waals surface area contributed by atoms with Crippen molar-refractivity contribution in [3.05, 3.63) is 19.1 Å². The molecule has 5 heteroatoms. The molecular weight excluding hydrogens is 202 g/mol. The van der Waals surface area contributed by atoms with E-state index in [9.17, 15) is 0 Å². The molecular formula is C11H16N5. The zero-order valence-electron chi connectivity index (χ0n) is 9.48. The van der Waals surface area contributed by atoms with Crippen LogP contribution < -0.4 is 5.73 Å². The summed E-state index contributed by atoms with van der Waals surface area (Å²) in [6.45, 7) is 6.71. The van der Waals surface area contributed by atoms with Gasteiger partial charge in [0.2, 0.25) is 0 Å². The van der Waals surface area contributed by atoms with Crippen LogP contribution in [0.25, 0.3) is 11.2 Å². The van der Waals surface area contributed by atoms with Crippen molar-refractivity contribution in [2.24, 2.45) is 0 Å². The number of rotatable bonds is 4. The van der Waals surface area contributed by atoms with E-state index in [0.29, 0.717) is 11.3 Å². The van der Waals surface area contributed by atoms with Crippen LogP contribution in [0, 0.1) is 6.92 Å². The molecule has 2 aromatic rings. The monoisotopic (exact) mass is 218 g/mol. The summed E-state index contributed by atoms with van der Waals surface area (Å²) in [4.78, 5) is 12.9. The van der Waals surface area contributed by atoms with Gasteiger partial charge < -0.3 is 10.3 Å². The number of nitrogens with zero attached hydrogens (tertiary/aromatic N) is 4. The molecule has 0 aliphatic carbocycles. The van der Waals surface area contributed by atoms with Crippen molar-refractivity contribution in [3.8, 4) is 0 Å². The van der Waals surface area contributed by atoms with E-state index in [2.05, 4.69) is 21.9 Å². The largest absolute Gasteiger partial charge is 0.382 e. The zero-order chi connectivity index (χ0) is 11.5. The van der Waals surface area contributed by atoms with E-state index in [1.165, 1.54) is 0 Å². The highest BCUT2D eigenvalue weighted by molar-refractivity contribution is 5.81. The van der Waals surface area contributed by atoms with E-state index in [4.69, 9.17) is 5.73 Å². The first kappa shape index (κ1) is 10.9. The molecule has 5 nitrogen and oxygen atoms in total. The third-order valence-corrected chi connectivity index (χ3v) is 2.50. The van der Waals surface area contributed by atoms with Gasteiger partial charge in [0, 0.05) is 13.0 Å². The number of nitrogen functional groups attached to an aromatic ring is 1. The van der Waals surface area contributed by atoms with E-state index in [-0.39, 0.29) is 0 Å². The van der Waals surface area contributed by atoms with Gasteiger partial charge in [0.15, 0.2) is 11.5 Å². The van der Waals surface area contributed by atoms with Crippen molar-refractivity contribution in [2.45, 2.75) is 32.7 Å². The van der Waals surface area contributed by atoms with Gasteiger partial charge in [0.25, 0.3) is 0 Å². The molecule has 1 radical (unpaired) electrons. The highest BCUT2D eigenvalue weighted by Crippen LogP contribution is 2.16. The highest BCUT2D eigenvalue weighted by Gasteiger charge is 2.09. The van der Waals surface area contributed by atoms with Crippen LogP contribution in [0.4, 0.5) is 5.82 Å². The van der Waals surface area contributed by atoms with Crippen LogP contribution in [-0.4, -0.2) is 19.5 Å². The van der Waals surface area contributed by atoms with E-state index in [1.807, 2.05) is 11.5 Å². The van der Waals surface area contributed by atoms with Gasteiger partial charge in [-0.2, -0.15) is 0 Å². The van der Waals surface area contributed by atoms with Gasteiger partial charge >= 0.3 is 0 Å². The Morgan fingerprint density at radius 1 is 1.44 bits per heavy atom. The van der Waals surface area contributed by atoms with Crippen molar-refractivity contribution in [3.63, 3.8) is 0 Å². The van der Waals surface area contributed by atoms with Crippen molar-refractivity contribution in [1.29, 1.82) is 0 Å². The molecule has 2 aromatic heterocycles. The minimum absolute atomic E-state index is 0.468. The normalized spacial score (nSPS) is 11.1. The fourth-order valence-corrected chi connectivity index (χ4v) is 1.62. The molecule has 0 bridgehead atoms. The maximum absolute atomic E-state index is 5.84. The molecule has 0 saturated carbocycles. The van der Waals surface area contributed by atoms with E-state index in [1.54, 1.807) is 6.33 Å². The summed E-state index contributed by atoms with van der Waals surface area (Å²) in [5.41, 5.74) is 7.36. The summed E-state index contributed by atoms with van der Waals surface area (Å²) in [7, 11) is 0. The molecule has 0 aromatic carbocycles. The Bertz CT molecular complexity index is 488. The zero-order valence-corrected chi connectivity index (χ0v) is 9.48. The molecule has 2 heterocycles. The van der Waals surface area contributed by atoms with Gasteiger partial charge in [-0.05, 0) is 6.42 Å². The van der Waals surface area contributed by atoms with Gasteiger partial charge in [-0.3, -0.25) is 0 Å². The summed E-state index contributed by atoms with van der Waals surface area (Å²) < 4.78 is 2.01. The predicted molar refractivity (Wildman–Crippen MR) is 63.7 cm³/mol. The number of hydrogen-bond donors (Lipinski definition) is 1. The second-order valence-electron chi connectivity index (χ2n) is 3.70. The Kier molecular flexibility index (Phi) is 3.03. The molecule has 0 spiro atoms. The van der Waals surface area contributed by atoms with Crippen LogP contribution in [0.2, 0.25) is 0 Å². The standard InChI is InChI=1S/C11H16N5/c1-3-5-6-16-7-13-9-10(12)14-8(4-2)15-11(9)16/h7H,1,3-6H2,2H3,(H2,12,14,15). The first-order valence-electron chi connectivity index (χ1n) is 5.52. The van der Waals surface area contributed by atoms with Crippen LogP contribution >= 0.6 is 0 Å². The van der Waals surface area contributed by atoms with Gasteiger partial charge in [0.1, 0.15) is 11.3 Å². The lowest BCUT2D eigenvalue weighted by Crippen LogP contribution is -2.03.